The molecule has 1 unspecified atom stereocenters. The molecule has 0 aliphatic rings. The first-order chi connectivity index (χ1) is 12.5. The highest BCUT2D eigenvalue weighted by atomic mass is 31.1. The monoisotopic (exact) mass is 368 g/mol. The van der Waals surface area contributed by atoms with Crippen LogP contribution >= 0.6 is 8.46 Å². The summed E-state index contributed by atoms with van der Waals surface area (Å²) >= 11 is 0. The molecule has 6 heteroatoms. The van der Waals surface area contributed by atoms with Gasteiger partial charge in [-0.1, -0.05) is 60.7 Å². The number of imidazole rings is 1. The van der Waals surface area contributed by atoms with Gasteiger partial charge < -0.3 is 13.9 Å². The summed E-state index contributed by atoms with van der Waals surface area (Å²) in [5.74, 6) is -0.535. The summed E-state index contributed by atoms with van der Waals surface area (Å²) in [5.41, 5.74) is 2.38. The zero-order chi connectivity index (χ0) is 18.6. The Morgan fingerprint density at radius 1 is 1.04 bits per heavy atom. The lowest BCUT2D eigenvalue weighted by Gasteiger charge is -2.23. The quantitative estimate of drug-likeness (QED) is 0.484. The van der Waals surface area contributed by atoms with Crippen molar-refractivity contribution in [2.75, 3.05) is 0 Å². The predicted octanol–water partition coefficient (Wildman–Crippen LogP) is 4.17. The summed E-state index contributed by atoms with van der Waals surface area (Å²) in [6.45, 7) is 3.28. The van der Waals surface area contributed by atoms with Crippen LogP contribution in [0.25, 0.3) is 0 Å². The maximum atomic E-state index is 12.7. The third kappa shape index (κ3) is 3.94. The van der Waals surface area contributed by atoms with Crippen LogP contribution in [0.4, 0.5) is 0 Å². The lowest BCUT2D eigenvalue weighted by Crippen LogP contribution is -2.25. The molecule has 0 fully saturated rings. The van der Waals surface area contributed by atoms with Crippen LogP contribution in [0.2, 0.25) is 0 Å². The van der Waals surface area contributed by atoms with Crippen molar-refractivity contribution in [1.29, 1.82) is 0 Å². The fourth-order valence-corrected chi connectivity index (χ4v) is 2.92. The van der Waals surface area contributed by atoms with Crippen molar-refractivity contribution in [2.24, 2.45) is 0 Å². The van der Waals surface area contributed by atoms with Gasteiger partial charge in [-0.25, -0.2) is 9.78 Å². The van der Waals surface area contributed by atoms with Gasteiger partial charge in [0.05, 0.1) is 18.6 Å². The van der Waals surface area contributed by atoms with E-state index in [9.17, 15) is 9.36 Å². The zero-order valence-electron chi connectivity index (χ0n) is 14.7. The van der Waals surface area contributed by atoms with Crippen LogP contribution in [-0.4, -0.2) is 20.9 Å². The second kappa shape index (κ2) is 7.71. The normalized spacial score (nSPS) is 12.0. The molecule has 1 atom stereocenters. The zero-order valence-corrected chi connectivity index (χ0v) is 15.9. The lowest BCUT2D eigenvalue weighted by molar-refractivity contribution is 0.0268. The summed E-state index contributed by atoms with van der Waals surface area (Å²) < 4.78 is 18.5. The SMILES string of the molecule is CC(C)(OC(=O)c1cncn1C(c1ccccc1)c1ccccc1)[PH2]=O. The molecule has 0 amide bonds. The van der Waals surface area contributed by atoms with Gasteiger partial charge in [-0.3, -0.25) is 0 Å². The first-order valence-electron chi connectivity index (χ1n) is 8.33. The van der Waals surface area contributed by atoms with Crippen LogP contribution in [-0.2, 0) is 9.30 Å². The Bertz CT molecular complexity index is 852. The molecule has 0 saturated heterocycles. The van der Waals surface area contributed by atoms with Crippen molar-refractivity contribution in [3.63, 3.8) is 0 Å². The number of nitrogens with zero attached hydrogens (tertiary/aromatic N) is 2. The highest BCUT2D eigenvalue weighted by molar-refractivity contribution is 7.25. The summed E-state index contributed by atoms with van der Waals surface area (Å²) in [6, 6.07) is 19.6. The number of hydrogen-bond donors (Lipinski definition) is 0. The molecule has 3 rings (SSSR count). The Labute approximate surface area is 153 Å². The Kier molecular flexibility index (Phi) is 5.38. The first kappa shape index (κ1) is 18.2. The van der Waals surface area contributed by atoms with E-state index < -0.39 is 19.8 Å². The highest BCUT2D eigenvalue weighted by Gasteiger charge is 2.27. The minimum atomic E-state index is -1.25. The van der Waals surface area contributed by atoms with Crippen LogP contribution in [0.5, 0.6) is 0 Å². The largest absolute Gasteiger partial charge is 0.448 e. The second-order valence-corrected chi connectivity index (χ2v) is 8.15. The molecule has 0 aliphatic carbocycles. The van der Waals surface area contributed by atoms with E-state index in [-0.39, 0.29) is 6.04 Å². The Balaban J connectivity index is 2.06. The molecule has 0 saturated carbocycles. The third-order valence-corrected chi connectivity index (χ3v) is 4.71. The number of rotatable bonds is 6. The van der Waals surface area contributed by atoms with Crippen molar-refractivity contribution >= 4 is 14.4 Å². The van der Waals surface area contributed by atoms with Crippen LogP contribution in [0.15, 0.2) is 73.2 Å². The minimum absolute atomic E-state index is 0.217. The third-order valence-electron chi connectivity index (χ3n) is 4.02. The fraction of sp³-hybridized carbons (Fsp3) is 0.200. The van der Waals surface area contributed by atoms with Crippen LogP contribution in [0, 0.1) is 0 Å². The van der Waals surface area contributed by atoms with E-state index in [1.54, 1.807) is 24.7 Å². The summed E-state index contributed by atoms with van der Waals surface area (Å²) in [6.07, 6.45) is 3.11. The van der Waals surface area contributed by atoms with Gasteiger partial charge in [0.25, 0.3) is 0 Å². The van der Waals surface area contributed by atoms with E-state index in [4.69, 9.17) is 4.74 Å². The molecule has 5 nitrogen and oxygen atoms in total. The maximum absolute atomic E-state index is 12.7. The molecule has 1 heterocycles. The number of esters is 1. The molecule has 0 N–H and O–H groups in total. The van der Waals surface area contributed by atoms with E-state index in [2.05, 4.69) is 4.98 Å². The number of benzene rings is 2. The van der Waals surface area contributed by atoms with Crippen LogP contribution < -0.4 is 0 Å². The van der Waals surface area contributed by atoms with Crippen LogP contribution in [0.1, 0.15) is 41.5 Å². The topological polar surface area (TPSA) is 61.2 Å². The maximum Gasteiger partial charge on any atom is 0.357 e. The second-order valence-electron chi connectivity index (χ2n) is 6.52. The molecular weight excluding hydrogens is 347 g/mol. The lowest BCUT2D eigenvalue weighted by atomic mass is 9.98. The van der Waals surface area contributed by atoms with Gasteiger partial charge in [0.15, 0.2) is 5.34 Å². The number of ether oxygens (including phenoxy) is 1. The van der Waals surface area contributed by atoms with E-state index >= 15 is 0 Å². The van der Waals surface area contributed by atoms with Gasteiger partial charge in [-0.2, -0.15) is 0 Å². The summed E-state index contributed by atoms with van der Waals surface area (Å²) in [5, 5.41) is -0.985. The average Bonchev–Trinajstić information content (AvgIpc) is 3.13. The molecular formula is C20H21N2O3P. The summed E-state index contributed by atoms with van der Waals surface area (Å²) in [7, 11) is -1.25. The highest BCUT2D eigenvalue weighted by Crippen LogP contribution is 2.30. The molecule has 0 radical (unpaired) electrons. The molecule has 2 aromatic carbocycles. The van der Waals surface area contributed by atoms with Gasteiger partial charge in [-0.15, -0.1) is 0 Å². The molecule has 3 aromatic rings. The van der Waals surface area contributed by atoms with E-state index in [0.717, 1.165) is 11.1 Å². The van der Waals surface area contributed by atoms with Crippen molar-refractivity contribution in [3.05, 3.63) is 90.0 Å². The van der Waals surface area contributed by atoms with Gasteiger partial charge >= 0.3 is 5.97 Å². The van der Waals surface area contributed by atoms with Crippen LogP contribution in [0.3, 0.4) is 0 Å². The smallest absolute Gasteiger partial charge is 0.357 e. The predicted molar refractivity (Wildman–Crippen MR) is 102 cm³/mol. The molecule has 0 bridgehead atoms. The number of aromatic nitrogens is 2. The standard InChI is InChI=1S/C20H21N2O3P/c1-20(2,26-24)25-19(23)17-13-21-14-22(17)18(15-9-5-3-6-10-15)16-11-7-4-8-12-16/h3-14,18H,26H2,1-2H3. The average molecular weight is 368 g/mol. The molecule has 0 spiro atoms. The van der Waals surface area contributed by atoms with E-state index in [0.29, 0.717) is 5.69 Å². The van der Waals surface area contributed by atoms with Gasteiger partial charge in [0.1, 0.15) is 14.2 Å². The van der Waals surface area contributed by atoms with Gasteiger partial charge in [0.2, 0.25) is 0 Å². The van der Waals surface area contributed by atoms with Crippen molar-refractivity contribution < 1.29 is 14.1 Å². The van der Waals surface area contributed by atoms with Gasteiger partial charge in [-0.05, 0) is 25.0 Å². The molecule has 1 aromatic heterocycles. The van der Waals surface area contributed by atoms with Crippen molar-refractivity contribution in [2.45, 2.75) is 25.2 Å². The first-order valence-corrected chi connectivity index (χ1v) is 9.38. The van der Waals surface area contributed by atoms with Crippen molar-refractivity contribution in [3.8, 4) is 0 Å². The fourth-order valence-electron chi connectivity index (χ4n) is 2.77. The van der Waals surface area contributed by atoms with E-state index in [1.807, 2.05) is 60.7 Å². The van der Waals surface area contributed by atoms with E-state index in [1.165, 1.54) is 6.20 Å². The molecule has 26 heavy (non-hydrogen) atoms. The number of hydrogen-bond acceptors (Lipinski definition) is 4. The molecule has 0 aliphatic heterocycles. The Hall–Kier alpha value is -2.65. The van der Waals surface area contributed by atoms with Gasteiger partial charge in [0, 0.05) is 0 Å². The minimum Gasteiger partial charge on any atom is -0.448 e. The number of carbonyl (C=O) groups is 1. The molecule has 134 valence electrons. The summed E-state index contributed by atoms with van der Waals surface area (Å²) in [4.78, 5) is 16.8. The number of carbonyl (C=O) groups excluding carboxylic acids is 1. The Morgan fingerprint density at radius 2 is 1.58 bits per heavy atom. The van der Waals surface area contributed by atoms with Crippen molar-refractivity contribution in [1.82, 2.24) is 9.55 Å². The Morgan fingerprint density at radius 3 is 2.08 bits per heavy atom.